The van der Waals surface area contributed by atoms with E-state index in [4.69, 9.17) is 5.11 Å². The van der Waals surface area contributed by atoms with E-state index in [0.29, 0.717) is 5.75 Å². The van der Waals surface area contributed by atoms with Crippen LogP contribution in [0.15, 0.2) is 41.8 Å². The number of aliphatic hydroxyl groups is 1. The van der Waals surface area contributed by atoms with Crippen molar-refractivity contribution in [2.45, 2.75) is 5.03 Å². The highest BCUT2D eigenvalue weighted by Gasteiger charge is 1.95. The summed E-state index contributed by atoms with van der Waals surface area (Å²) < 4.78 is 0. The van der Waals surface area contributed by atoms with Crippen LogP contribution in [0.2, 0.25) is 0 Å². The van der Waals surface area contributed by atoms with Crippen LogP contribution >= 0.6 is 21.6 Å². The van der Waals surface area contributed by atoms with Gasteiger partial charge in [0, 0.05) is 6.20 Å². The molecule has 0 atom stereocenters. The first-order chi connectivity index (χ1) is 5.79. The van der Waals surface area contributed by atoms with E-state index in [-0.39, 0.29) is 5.76 Å². The van der Waals surface area contributed by atoms with Crippen molar-refractivity contribution in [2.75, 3.05) is 5.75 Å². The summed E-state index contributed by atoms with van der Waals surface area (Å²) in [5, 5.41) is 9.73. The number of hydrogen-bond donors (Lipinski definition) is 1. The lowest BCUT2D eigenvalue weighted by Gasteiger charge is -1.97. The second kappa shape index (κ2) is 5.11. The van der Waals surface area contributed by atoms with Gasteiger partial charge in [0.1, 0.15) is 5.03 Å². The second-order valence-corrected chi connectivity index (χ2v) is 4.40. The maximum Gasteiger partial charge on any atom is 0.106 e. The van der Waals surface area contributed by atoms with Crippen molar-refractivity contribution < 1.29 is 5.11 Å². The first kappa shape index (κ1) is 9.48. The minimum absolute atomic E-state index is 0.198. The fourth-order valence-corrected chi connectivity index (χ4v) is 2.35. The molecule has 2 nitrogen and oxygen atoms in total. The fourth-order valence-electron chi connectivity index (χ4n) is 0.554. The van der Waals surface area contributed by atoms with Gasteiger partial charge in [-0.2, -0.15) is 0 Å². The molecule has 4 heteroatoms. The quantitative estimate of drug-likeness (QED) is 0.597. The van der Waals surface area contributed by atoms with Crippen molar-refractivity contribution in [1.82, 2.24) is 4.98 Å². The Kier molecular flexibility index (Phi) is 4.04. The molecule has 64 valence electrons. The zero-order valence-electron chi connectivity index (χ0n) is 6.43. The maximum atomic E-state index is 8.78. The van der Waals surface area contributed by atoms with Crippen LogP contribution < -0.4 is 0 Å². The van der Waals surface area contributed by atoms with Crippen LogP contribution in [-0.2, 0) is 0 Å². The van der Waals surface area contributed by atoms with Gasteiger partial charge in [-0.15, -0.1) is 0 Å². The molecule has 0 radical (unpaired) electrons. The smallest absolute Gasteiger partial charge is 0.106 e. The van der Waals surface area contributed by atoms with Gasteiger partial charge >= 0.3 is 0 Å². The Morgan fingerprint density at radius 3 is 3.00 bits per heavy atom. The van der Waals surface area contributed by atoms with Crippen LogP contribution in [0.25, 0.3) is 0 Å². The third-order valence-corrected chi connectivity index (χ3v) is 3.21. The summed E-state index contributed by atoms with van der Waals surface area (Å²) in [6, 6.07) is 5.74. The van der Waals surface area contributed by atoms with E-state index >= 15 is 0 Å². The Morgan fingerprint density at radius 2 is 2.42 bits per heavy atom. The summed E-state index contributed by atoms with van der Waals surface area (Å²) >= 11 is 0. The minimum atomic E-state index is 0.198. The van der Waals surface area contributed by atoms with Crippen molar-refractivity contribution in [2.24, 2.45) is 0 Å². The van der Waals surface area contributed by atoms with Gasteiger partial charge in [-0.1, -0.05) is 23.4 Å². The van der Waals surface area contributed by atoms with Gasteiger partial charge in [-0.05, 0) is 22.9 Å². The van der Waals surface area contributed by atoms with Crippen molar-refractivity contribution in [3.63, 3.8) is 0 Å². The molecule has 0 saturated heterocycles. The standard InChI is InChI=1S/C8H9NOS2/c1-7(10)6-11-12-8-4-2-3-5-9-8/h2-5,10H,1,6H2. The first-order valence-electron chi connectivity index (χ1n) is 3.36. The molecule has 12 heavy (non-hydrogen) atoms. The maximum absolute atomic E-state index is 8.78. The van der Waals surface area contributed by atoms with Gasteiger partial charge in [0.15, 0.2) is 0 Å². The summed E-state index contributed by atoms with van der Waals surface area (Å²) in [6.45, 7) is 3.39. The van der Waals surface area contributed by atoms with Crippen molar-refractivity contribution >= 4 is 21.6 Å². The molecule has 1 rings (SSSR count). The number of nitrogens with zero attached hydrogens (tertiary/aromatic N) is 1. The highest BCUT2D eigenvalue weighted by Crippen LogP contribution is 2.29. The monoisotopic (exact) mass is 199 g/mol. The summed E-state index contributed by atoms with van der Waals surface area (Å²) in [5.41, 5.74) is 0. The molecule has 0 bridgehead atoms. The van der Waals surface area contributed by atoms with Crippen LogP contribution in [0.3, 0.4) is 0 Å². The predicted molar refractivity (Wildman–Crippen MR) is 54.3 cm³/mol. The normalized spacial score (nSPS) is 9.67. The number of hydrogen-bond acceptors (Lipinski definition) is 4. The van der Waals surface area contributed by atoms with Crippen molar-refractivity contribution in [3.8, 4) is 0 Å². The van der Waals surface area contributed by atoms with E-state index < -0.39 is 0 Å². The van der Waals surface area contributed by atoms with Crippen LogP contribution in [-0.4, -0.2) is 15.8 Å². The number of aromatic nitrogens is 1. The average Bonchev–Trinajstić information content (AvgIpc) is 2.05. The number of pyridine rings is 1. The Morgan fingerprint density at radius 1 is 1.58 bits per heavy atom. The lowest BCUT2D eigenvalue weighted by atomic mass is 10.5. The van der Waals surface area contributed by atoms with Crippen molar-refractivity contribution in [1.29, 1.82) is 0 Å². The largest absolute Gasteiger partial charge is 0.512 e. The van der Waals surface area contributed by atoms with Crippen LogP contribution in [0, 0.1) is 0 Å². The van der Waals surface area contributed by atoms with Gasteiger partial charge in [-0.25, -0.2) is 4.98 Å². The fraction of sp³-hybridized carbons (Fsp3) is 0.125. The molecule has 0 aliphatic rings. The van der Waals surface area contributed by atoms with Crippen LogP contribution in [0.5, 0.6) is 0 Å². The van der Waals surface area contributed by atoms with Crippen molar-refractivity contribution in [3.05, 3.63) is 36.7 Å². The number of rotatable bonds is 4. The topological polar surface area (TPSA) is 33.1 Å². The SMILES string of the molecule is C=C(O)CSSc1ccccn1. The molecule has 0 unspecified atom stereocenters. The molecule has 0 fully saturated rings. The van der Waals surface area contributed by atoms with E-state index in [1.807, 2.05) is 18.2 Å². The molecule has 0 saturated carbocycles. The zero-order valence-corrected chi connectivity index (χ0v) is 8.07. The minimum Gasteiger partial charge on any atom is -0.512 e. The summed E-state index contributed by atoms with van der Waals surface area (Å²) in [5.74, 6) is 0.741. The van der Waals surface area contributed by atoms with Gasteiger partial charge in [0.25, 0.3) is 0 Å². The molecule has 0 aliphatic carbocycles. The van der Waals surface area contributed by atoms with E-state index in [1.54, 1.807) is 6.20 Å². The van der Waals surface area contributed by atoms with E-state index in [9.17, 15) is 0 Å². The second-order valence-electron chi connectivity index (χ2n) is 2.08. The number of aliphatic hydroxyl groups excluding tert-OH is 1. The Hall–Kier alpha value is -0.610. The lowest BCUT2D eigenvalue weighted by Crippen LogP contribution is -1.79. The zero-order chi connectivity index (χ0) is 8.81. The van der Waals surface area contributed by atoms with E-state index in [0.717, 1.165) is 5.03 Å². The Balaban J connectivity index is 2.29. The summed E-state index contributed by atoms with van der Waals surface area (Å²) in [6.07, 6.45) is 1.75. The predicted octanol–water partition coefficient (Wildman–Crippen LogP) is 2.89. The molecule has 0 aromatic carbocycles. The van der Waals surface area contributed by atoms with E-state index in [1.165, 1.54) is 21.6 Å². The summed E-state index contributed by atoms with van der Waals surface area (Å²) in [4.78, 5) is 4.11. The van der Waals surface area contributed by atoms with Gasteiger partial charge in [-0.3, -0.25) is 0 Å². The highest BCUT2D eigenvalue weighted by molar-refractivity contribution is 8.76. The van der Waals surface area contributed by atoms with Gasteiger partial charge < -0.3 is 5.11 Å². The molecule has 1 aromatic rings. The Bertz CT molecular complexity index is 250. The average molecular weight is 199 g/mol. The molecule has 0 aliphatic heterocycles. The van der Waals surface area contributed by atoms with Crippen LogP contribution in [0.1, 0.15) is 0 Å². The Labute approximate surface area is 79.5 Å². The molecule has 1 aromatic heterocycles. The van der Waals surface area contributed by atoms with Gasteiger partial charge in [0.05, 0.1) is 11.5 Å². The highest BCUT2D eigenvalue weighted by atomic mass is 33.1. The first-order valence-corrected chi connectivity index (χ1v) is 5.68. The molecule has 0 spiro atoms. The molecular formula is C8H9NOS2. The molecule has 0 amide bonds. The molecule has 1 N–H and O–H groups in total. The van der Waals surface area contributed by atoms with E-state index in [2.05, 4.69) is 11.6 Å². The lowest BCUT2D eigenvalue weighted by molar-refractivity contribution is 0.420. The summed E-state index contributed by atoms with van der Waals surface area (Å²) in [7, 11) is 3.05. The molecular weight excluding hydrogens is 190 g/mol. The van der Waals surface area contributed by atoms with Crippen LogP contribution in [0.4, 0.5) is 0 Å². The third kappa shape index (κ3) is 3.69. The van der Waals surface area contributed by atoms with Gasteiger partial charge in [0.2, 0.25) is 0 Å². The third-order valence-electron chi connectivity index (χ3n) is 1.01. The molecule has 1 heterocycles.